The summed E-state index contributed by atoms with van der Waals surface area (Å²) in [7, 11) is -3.55. The van der Waals surface area contributed by atoms with Crippen LogP contribution in [0.2, 0.25) is 0 Å². The number of imidazole rings is 1. The molecule has 8 nitrogen and oxygen atoms in total. The number of aryl methyl sites for hydroxylation is 1. The molecular weight excluding hydrogens is 481 g/mol. The van der Waals surface area contributed by atoms with Gasteiger partial charge >= 0.3 is 6.18 Å². The smallest absolute Gasteiger partial charge is 0.352 e. The normalized spacial score (nSPS) is 14.3. The number of fused-ring (bicyclic) bond motifs is 1. The first-order valence-corrected chi connectivity index (χ1v) is 12.7. The third kappa shape index (κ3) is 4.92. The number of hydrogen-bond acceptors (Lipinski definition) is 7. The molecule has 3 heterocycles. The van der Waals surface area contributed by atoms with Gasteiger partial charge in [0.15, 0.2) is 15.5 Å². The SMILES string of the molecule is Cc1nc2c(Nc3ccc(C4CC4)cc3S(C)(=O)=O)cc(Nc3cccc(C(F)(F)F)n3)nc2[nH]1. The molecule has 182 valence electrons. The van der Waals surface area contributed by atoms with Gasteiger partial charge in [-0.25, -0.2) is 23.4 Å². The Balaban J connectivity index is 1.55. The van der Waals surface area contributed by atoms with Crippen LogP contribution in [-0.4, -0.2) is 34.6 Å². The molecule has 1 saturated carbocycles. The lowest BCUT2D eigenvalue weighted by atomic mass is 10.1. The summed E-state index contributed by atoms with van der Waals surface area (Å²) < 4.78 is 64.3. The molecule has 3 aromatic heterocycles. The second-order valence-electron chi connectivity index (χ2n) is 8.53. The number of hydrogen-bond donors (Lipinski definition) is 3. The number of aromatic nitrogens is 4. The number of nitrogens with one attached hydrogen (secondary N) is 3. The largest absolute Gasteiger partial charge is 0.433 e. The van der Waals surface area contributed by atoms with Gasteiger partial charge in [0.25, 0.3) is 0 Å². The Labute approximate surface area is 199 Å². The minimum atomic E-state index is -4.59. The van der Waals surface area contributed by atoms with E-state index in [1.165, 1.54) is 12.1 Å². The Morgan fingerprint density at radius 3 is 2.43 bits per heavy atom. The van der Waals surface area contributed by atoms with Crippen LogP contribution in [0.4, 0.5) is 36.2 Å². The van der Waals surface area contributed by atoms with Crippen molar-refractivity contribution in [2.45, 2.75) is 36.8 Å². The van der Waals surface area contributed by atoms with Crippen molar-refractivity contribution in [3.63, 3.8) is 0 Å². The first-order valence-electron chi connectivity index (χ1n) is 10.8. The van der Waals surface area contributed by atoms with Crippen molar-refractivity contribution >= 4 is 44.0 Å². The average Bonchev–Trinajstić information content (AvgIpc) is 3.54. The molecular formula is C23H21F3N6O2S. The average molecular weight is 503 g/mol. The molecule has 35 heavy (non-hydrogen) atoms. The van der Waals surface area contributed by atoms with E-state index in [1.807, 2.05) is 6.07 Å². The van der Waals surface area contributed by atoms with Crippen LogP contribution in [0.1, 0.15) is 35.8 Å². The number of nitrogens with zero attached hydrogens (tertiary/aromatic N) is 3. The first-order chi connectivity index (χ1) is 16.5. The fraction of sp³-hybridized carbons (Fsp3) is 0.261. The van der Waals surface area contributed by atoms with Gasteiger partial charge in [-0.05, 0) is 55.5 Å². The lowest BCUT2D eigenvalue weighted by Gasteiger charge is -2.14. The molecule has 1 fully saturated rings. The summed E-state index contributed by atoms with van der Waals surface area (Å²) >= 11 is 0. The molecule has 0 unspecified atom stereocenters. The van der Waals surface area contributed by atoms with Crippen LogP contribution in [0.3, 0.4) is 0 Å². The summed E-state index contributed by atoms with van der Waals surface area (Å²) in [5.41, 5.74) is 1.57. The number of anilines is 4. The maximum absolute atomic E-state index is 13.1. The van der Waals surface area contributed by atoms with Gasteiger partial charge in [0.05, 0.1) is 16.3 Å². The van der Waals surface area contributed by atoms with Crippen LogP contribution in [0, 0.1) is 6.92 Å². The summed E-state index contributed by atoms with van der Waals surface area (Å²) in [6.07, 6.45) is -1.37. The van der Waals surface area contributed by atoms with E-state index < -0.39 is 21.7 Å². The van der Waals surface area contributed by atoms with Crippen LogP contribution >= 0.6 is 0 Å². The number of aromatic amines is 1. The Bertz CT molecular complexity index is 1540. The van der Waals surface area contributed by atoms with Crippen molar-refractivity contribution in [2.75, 3.05) is 16.9 Å². The zero-order valence-corrected chi connectivity index (χ0v) is 19.5. The summed E-state index contributed by atoms with van der Waals surface area (Å²) in [5, 5.41) is 5.93. The number of rotatable bonds is 6. The Morgan fingerprint density at radius 2 is 1.74 bits per heavy atom. The molecule has 0 atom stereocenters. The predicted molar refractivity (Wildman–Crippen MR) is 126 cm³/mol. The summed E-state index contributed by atoms with van der Waals surface area (Å²) in [6.45, 7) is 1.74. The highest BCUT2D eigenvalue weighted by atomic mass is 32.2. The summed E-state index contributed by atoms with van der Waals surface area (Å²) in [5.74, 6) is 1.10. The van der Waals surface area contributed by atoms with Crippen LogP contribution < -0.4 is 10.6 Å². The highest BCUT2D eigenvalue weighted by Crippen LogP contribution is 2.42. The number of alkyl halides is 3. The van der Waals surface area contributed by atoms with Crippen LogP contribution in [0.25, 0.3) is 11.2 Å². The molecule has 5 rings (SSSR count). The van der Waals surface area contributed by atoms with E-state index >= 15 is 0 Å². The molecule has 1 aliphatic carbocycles. The van der Waals surface area contributed by atoms with Gasteiger partial charge in [0.2, 0.25) is 0 Å². The third-order valence-corrected chi connectivity index (χ3v) is 6.73. The van der Waals surface area contributed by atoms with Gasteiger partial charge in [0.1, 0.15) is 28.7 Å². The van der Waals surface area contributed by atoms with E-state index in [0.29, 0.717) is 34.3 Å². The molecule has 0 bridgehead atoms. The standard InChI is InChI=1S/C23H21F3N6O2S/c1-12-27-21-16(29-15-9-8-14(13-6-7-13)10-17(15)35(2,33)34)11-20(32-22(21)28-12)31-19-5-3-4-18(30-19)23(24,25)26/h3-5,8-11,13H,6-7H2,1-2H3,(H3,27,28,29,30,31,32). The Kier molecular flexibility index (Phi) is 5.42. The lowest BCUT2D eigenvalue weighted by molar-refractivity contribution is -0.141. The highest BCUT2D eigenvalue weighted by molar-refractivity contribution is 7.90. The highest BCUT2D eigenvalue weighted by Gasteiger charge is 2.32. The molecule has 0 amide bonds. The third-order valence-electron chi connectivity index (χ3n) is 5.59. The second-order valence-corrected chi connectivity index (χ2v) is 10.5. The maximum Gasteiger partial charge on any atom is 0.433 e. The minimum Gasteiger partial charge on any atom is -0.352 e. The summed E-state index contributed by atoms with van der Waals surface area (Å²) in [4.78, 5) is 15.6. The van der Waals surface area contributed by atoms with Crippen molar-refractivity contribution in [3.05, 3.63) is 59.5 Å². The molecule has 1 aromatic carbocycles. The van der Waals surface area contributed by atoms with E-state index in [9.17, 15) is 21.6 Å². The van der Waals surface area contributed by atoms with E-state index in [4.69, 9.17) is 0 Å². The second kappa shape index (κ2) is 8.22. The fourth-order valence-corrected chi connectivity index (χ4v) is 4.69. The Morgan fingerprint density at radius 1 is 0.971 bits per heavy atom. The number of sulfone groups is 1. The molecule has 0 spiro atoms. The molecule has 3 N–H and O–H groups in total. The molecule has 0 radical (unpaired) electrons. The number of pyridine rings is 2. The molecule has 4 aromatic rings. The zero-order chi connectivity index (χ0) is 25.0. The molecule has 0 aliphatic heterocycles. The van der Waals surface area contributed by atoms with Crippen LogP contribution in [-0.2, 0) is 16.0 Å². The van der Waals surface area contributed by atoms with Gasteiger partial charge in [0, 0.05) is 12.3 Å². The van der Waals surface area contributed by atoms with E-state index in [2.05, 4.69) is 30.6 Å². The van der Waals surface area contributed by atoms with Gasteiger partial charge in [-0.1, -0.05) is 12.1 Å². The lowest BCUT2D eigenvalue weighted by Crippen LogP contribution is -2.09. The van der Waals surface area contributed by atoms with Gasteiger partial charge in [-0.2, -0.15) is 13.2 Å². The number of H-pyrrole nitrogens is 1. The monoisotopic (exact) mass is 502 g/mol. The number of benzene rings is 1. The van der Waals surface area contributed by atoms with Crippen molar-refractivity contribution < 1.29 is 21.6 Å². The van der Waals surface area contributed by atoms with E-state index in [-0.39, 0.29) is 16.5 Å². The zero-order valence-electron chi connectivity index (χ0n) is 18.7. The van der Waals surface area contributed by atoms with Crippen molar-refractivity contribution in [2.24, 2.45) is 0 Å². The van der Waals surface area contributed by atoms with Crippen LogP contribution in [0.15, 0.2) is 47.4 Å². The maximum atomic E-state index is 13.1. The molecule has 0 saturated heterocycles. The topological polar surface area (TPSA) is 113 Å². The van der Waals surface area contributed by atoms with Gasteiger partial charge in [-0.3, -0.25) is 0 Å². The minimum absolute atomic E-state index is 0.0422. The molecule has 1 aliphatic rings. The fourth-order valence-electron chi connectivity index (χ4n) is 3.82. The van der Waals surface area contributed by atoms with E-state index in [1.54, 1.807) is 25.1 Å². The quantitative estimate of drug-likeness (QED) is 0.321. The number of halogens is 3. The summed E-state index contributed by atoms with van der Waals surface area (Å²) in [6, 6.07) is 10.4. The van der Waals surface area contributed by atoms with Crippen molar-refractivity contribution in [3.8, 4) is 0 Å². The van der Waals surface area contributed by atoms with Gasteiger partial charge < -0.3 is 15.6 Å². The van der Waals surface area contributed by atoms with Crippen molar-refractivity contribution in [1.82, 2.24) is 19.9 Å². The van der Waals surface area contributed by atoms with Gasteiger partial charge in [-0.15, -0.1) is 0 Å². The predicted octanol–water partition coefficient (Wildman–Crippen LogP) is 5.45. The van der Waals surface area contributed by atoms with Crippen molar-refractivity contribution in [1.29, 1.82) is 0 Å². The molecule has 12 heteroatoms. The Hall–Kier alpha value is -3.67. The van der Waals surface area contributed by atoms with Crippen LogP contribution in [0.5, 0.6) is 0 Å². The first kappa shape index (κ1) is 23.1. The van der Waals surface area contributed by atoms with E-state index in [0.717, 1.165) is 30.7 Å².